The number of carbonyl (C=O) groups excluding carboxylic acids is 8. The molecule has 37 heteroatoms. The van der Waals surface area contributed by atoms with Gasteiger partial charge in [-0.15, -0.1) is 11.3 Å². The highest BCUT2D eigenvalue weighted by Crippen LogP contribution is 2.39. The predicted octanol–water partition coefficient (Wildman–Crippen LogP) is 18.3. The third kappa shape index (κ3) is 30.5. The number of nitrogens with one attached hydrogen (secondary N) is 3. The van der Waals surface area contributed by atoms with Crippen LogP contribution in [0.4, 0.5) is 62.2 Å². The predicted molar refractivity (Wildman–Crippen MR) is 530 cm³/mol. The highest BCUT2D eigenvalue weighted by molar-refractivity contribution is 7.12. The summed E-state index contributed by atoms with van der Waals surface area (Å²) < 4.78 is 129. The van der Waals surface area contributed by atoms with Crippen LogP contribution in [0.5, 0.6) is 11.5 Å². The van der Waals surface area contributed by atoms with Crippen LogP contribution in [0.15, 0.2) is 223 Å². The summed E-state index contributed by atoms with van der Waals surface area (Å²) in [6, 6.07) is 60.6. The monoisotopic (exact) mass is 1990 g/mol. The van der Waals surface area contributed by atoms with Crippen molar-refractivity contribution in [3.8, 4) is 28.3 Å². The van der Waals surface area contributed by atoms with E-state index in [1.54, 1.807) is 52.0 Å². The summed E-state index contributed by atoms with van der Waals surface area (Å²) in [5.74, 6) is -1.69. The number of methoxy groups -OCH3 is 2. The molecule has 27 nitrogen and oxygen atoms in total. The summed E-state index contributed by atoms with van der Waals surface area (Å²) in [6.45, 7) is 20.5. The molecule has 3 saturated heterocycles. The second kappa shape index (κ2) is 52.1. The molecule has 7 heterocycles. The third-order valence-corrected chi connectivity index (χ3v) is 25.2. The van der Waals surface area contributed by atoms with E-state index in [0.717, 1.165) is 136 Å². The number of rotatable bonds is 25. The van der Waals surface area contributed by atoms with Crippen LogP contribution >= 0.6 is 22.9 Å². The number of hydrazone groups is 1. The van der Waals surface area contributed by atoms with Gasteiger partial charge in [-0.1, -0.05) is 152 Å². The summed E-state index contributed by atoms with van der Waals surface area (Å²) in [6.07, 6.45) is -2.48. The molecule has 0 unspecified atom stereocenters. The van der Waals surface area contributed by atoms with Gasteiger partial charge in [0.05, 0.1) is 83.5 Å². The molecule has 0 aliphatic carbocycles. The molecule has 16 rings (SSSR count). The van der Waals surface area contributed by atoms with Crippen LogP contribution in [0, 0.1) is 32.4 Å². The number of fused-ring (bicyclic) bond motifs is 1. The van der Waals surface area contributed by atoms with E-state index >= 15 is 0 Å². The Labute approximate surface area is 826 Å². The van der Waals surface area contributed by atoms with Crippen LogP contribution < -0.4 is 40.2 Å². The highest BCUT2D eigenvalue weighted by atomic mass is 32.1. The maximum atomic E-state index is 13.7. The number of hydrogen-bond acceptors (Lipinski definition) is 22. The van der Waals surface area contributed by atoms with E-state index in [4.69, 9.17) is 34.0 Å². The van der Waals surface area contributed by atoms with Crippen molar-refractivity contribution >= 4 is 93.2 Å². The average Bonchev–Trinajstić information content (AvgIpc) is 1.57. The first-order valence-electron chi connectivity index (χ1n) is 46.1. The van der Waals surface area contributed by atoms with Crippen LogP contribution in [0.1, 0.15) is 144 Å². The van der Waals surface area contributed by atoms with Gasteiger partial charge in [0.1, 0.15) is 47.9 Å². The number of esters is 1. The fourth-order valence-electron chi connectivity index (χ4n) is 16.2. The van der Waals surface area contributed by atoms with Gasteiger partial charge < -0.3 is 59.4 Å². The fourth-order valence-corrected chi connectivity index (χ4v) is 17.5. The van der Waals surface area contributed by atoms with Crippen molar-refractivity contribution in [2.24, 2.45) is 5.10 Å². The second-order valence-corrected chi connectivity index (χ2v) is 35.4. The van der Waals surface area contributed by atoms with E-state index in [-0.39, 0.29) is 76.5 Å². The molecule has 748 valence electrons. The number of hydrogen-bond donors (Lipinski definition) is 4. The van der Waals surface area contributed by atoms with E-state index in [2.05, 4.69) is 81.6 Å². The minimum atomic E-state index is -4.75. The highest BCUT2D eigenvalue weighted by Gasteiger charge is 2.40. The first-order chi connectivity index (χ1) is 68.2. The molecule has 0 radical (unpaired) electrons. The Hall–Kier alpha value is -14.5. The lowest BCUT2D eigenvalue weighted by molar-refractivity contribution is -0.191. The van der Waals surface area contributed by atoms with Crippen molar-refractivity contribution in [2.75, 3.05) is 126 Å². The summed E-state index contributed by atoms with van der Waals surface area (Å²) in [5, 5.41) is 26.2. The van der Waals surface area contributed by atoms with Gasteiger partial charge in [0.25, 0.3) is 17.7 Å². The maximum Gasteiger partial charge on any atom is 0.417 e. The number of ether oxygens (including phenoxy) is 3. The number of nitrogens with zero attached hydrogens (tertiary/aromatic N) is 12. The number of aryl methyl sites for hydroxylation is 4. The van der Waals surface area contributed by atoms with Crippen LogP contribution in [0.3, 0.4) is 0 Å². The smallest absolute Gasteiger partial charge is 0.417 e. The molecule has 4 aliphatic rings. The largest absolute Gasteiger partial charge is 0.495 e. The van der Waals surface area contributed by atoms with Gasteiger partial charge in [0.15, 0.2) is 0 Å². The van der Waals surface area contributed by atoms with Crippen molar-refractivity contribution in [2.45, 2.75) is 119 Å². The van der Waals surface area contributed by atoms with Crippen LogP contribution in [-0.4, -0.2) is 204 Å². The lowest BCUT2D eigenvalue weighted by atomic mass is 9.99. The fraction of sp³-hybridized carbons (Fsp3) is 0.324. The van der Waals surface area contributed by atoms with Gasteiger partial charge in [-0.25, -0.2) is 28.7 Å². The molecule has 4 aliphatic heterocycles. The van der Waals surface area contributed by atoms with Crippen LogP contribution in [0.2, 0.25) is 0 Å². The SMILES string of the molecule is CCOC(=O)CNC(=O)N(CC(=O)Nc1c(-c2ccccc2)c(C)nn1-c1ccc(C)cc1)C(C)C.CCc1ccc(OC)c(N2CCN(C(=O)c3cc(F)ccc3C(F)(F)F)CC2)c1.COc1ccc(CN2CCc3ccccc3C2)cc1N1CCN(C(=O)c2cc(F)ccc2C(F)(F)F)CC1.Cc1ccc(/C=N/NC(=O)c2cccs2)cc1.O=C=O.OCc1cccc(Cc2nsc(N3CCCC3)n2)c1. The van der Waals surface area contributed by atoms with Gasteiger partial charge in [-0.2, -0.15) is 50.5 Å². The lowest BCUT2D eigenvalue weighted by Crippen LogP contribution is -2.49. The summed E-state index contributed by atoms with van der Waals surface area (Å²) in [4.78, 5) is 109. The van der Waals surface area contributed by atoms with E-state index < -0.39 is 70.1 Å². The van der Waals surface area contributed by atoms with Crippen molar-refractivity contribution < 1.29 is 92.8 Å². The van der Waals surface area contributed by atoms with Gasteiger partial charge in [0.2, 0.25) is 11.0 Å². The Balaban J connectivity index is 0.000000173. The van der Waals surface area contributed by atoms with Gasteiger partial charge in [-0.3, -0.25) is 28.9 Å². The number of aliphatic hydroxyl groups excluding tert-OH is 1. The van der Waals surface area contributed by atoms with Crippen LogP contribution in [-0.2, 0) is 75.2 Å². The Morgan fingerprint density at radius 1 is 0.606 bits per heavy atom. The molecular weight excluding hydrogens is 1880 g/mol. The number of halogens is 8. The van der Waals surface area contributed by atoms with E-state index in [1.807, 2.05) is 171 Å². The first kappa shape index (κ1) is 108. The number of thiophene rings is 1. The molecule has 0 bridgehead atoms. The normalized spacial score (nSPS) is 13.5. The number of urea groups is 1. The molecule has 0 spiro atoms. The Bertz CT molecular complexity index is 6280. The molecule has 4 N–H and O–H groups in total. The number of alkyl halides is 6. The Morgan fingerprint density at radius 2 is 1.16 bits per heavy atom. The molecular formula is C105H113F8N15O12S2. The Kier molecular flexibility index (Phi) is 39.6. The summed E-state index contributed by atoms with van der Waals surface area (Å²) >= 11 is 2.88. The zero-order valence-electron chi connectivity index (χ0n) is 80.1. The topological polar surface area (TPSA) is 299 Å². The van der Waals surface area contributed by atoms with E-state index in [0.29, 0.717) is 78.7 Å². The molecule has 3 aromatic heterocycles. The molecule has 9 aromatic carbocycles. The molecule has 6 amide bonds. The third-order valence-electron chi connectivity index (χ3n) is 23.5. The van der Waals surface area contributed by atoms with Crippen molar-refractivity contribution in [1.82, 2.24) is 49.5 Å². The van der Waals surface area contributed by atoms with Crippen molar-refractivity contribution in [1.29, 1.82) is 0 Å². The summed E-state index contributed by atoms with van der Waals surface area (Å²) in [7, 11) is 3.18. The maximum absolute atomic E-state index is 13.7. The van der Waals surface area contributed by atoms with Crippen molar-refractivity contribution in [3.63, 3.8) is 0 Å². The van der Waals surface area contributed by atoms with Gasteiger partial charge in [0, 0.05) is 115 Å². The number of aromatic nitrogens is 4. The molecule has 12 aromatic rings. The number of amides is 6. The standard InChI is InChI=1S/C29H29F4N3O2.C27H33N5O4.C21H22F4N2O2.C14H17N3OS.C13H12N2OS.CO2/c1-38-27-9-6-20(18-34-11-10-21-4-2-3-5-22(21)19-34)16-26(27)35-12-14-36(15-13-35)28(37)24-17-23(30)7-8-25(24)29(31,32)33;1-6-36-24(34)16-28-27(35)31(18(2)3)17-23(33)29-26-25(21-10-8-7-9-11-21)20(5)30-32(26)22-14-12-19(4)13-15-22;1-3-14-4-7-19(29-2)18(12-14)26-8-10-27(11-9-26)20(28)16-13-15(22)5-6-17(16)21(23,24)25;18-10-12-5-3-4-11(8-12)9-13-15-14(19-16-13)17-6-1-2-7-17;1-10-4-6-11(7-5-10)9-14-15-13(16)12-3-2-8-17-12;2-1-3/h2-9,16-17H,10-15,18-19H2,1H3;7-15,18H,6,16-17H2,1-5H3,(H,28,35)(H,29,33);4-7,12-13H,3,8-11H2,1-2H3;3-5,8,18H,1-2,6-7,9-10H2;2-9H,1H3,(H,15,16);/b;;;;14-9+;. The number of aliphatic hydroxyl groups is 1. The quantitative estimate of drug-likeness (QED) is 0.0179. The zero-order chi connectivity index (χ0) is 102. The summed E-state index contributed by atoms with van der Waals surface area (Å²) in [5.41, 5.74) is 14.3. The molecule has 3 fully saturated rings. The number of carbonyl (C=O) groups is 6. The number of benzene rings is 9. The zero-order valence-corrected chi connectivity index (χ0v) is 81.8. The minimum Gasteiger partial charge on any atom is -0.495 e. The molecule has 0 atom stereocenters. The number of anilines is 4. The molecule has 0 saturated carbocycles. The Morgan fingerprint density at radius 3 is 1.70 bits per heavy atom. The van der Waals surface area contributed by atoms with Crippen LogP contribution in [0.25, 0.3) is 16.8 Å². The van der Waals surface area contributed by atoms with Gasteiger partial charge in [-0.05, 0) is 196 Å². The number of piperazine rings is 2. The second-order valence-electron chi connectivity index (χ2n) is 33.7. The minimum absolute atomic E-state index is 0.0807. The van der Waals surface area contributed by atoms with Gasteiger partial charge >= 0.3 is 30.5 Å². The molecule has 142 heavy (non-hydrogen) atoms. The average molecular weight is 1990 g/mol. The lowest BCUT2D eigenvalue weighted by Gasteiger charge is -2.37. The van der Waals surface area contributed by atoms with Crippen molar-refractivity contribution in [3.05, 3.63) is 318 Å². The van der Waals surface area contributed by atoms with E-state index in [9.17, 15) is 63.9 Å². The van der Waals surface area contributed by atoms with E-state index in [1.165, 1.54) is 67.1 Å². The first-order valence-corrected chi connectivity index (χ1v) is 47.7.